The van der Waals surface area contributed by atoms with Gasteiger partial charge in [0.05, 0.1) is 48.1 Å². The third kappa shape index (κ3) is 9.98. The second kappa shape index (κ2) is 17.8. The topological polar surface area (TPSA) is 147 Å². The van der Waals surface area contributed by atoms with Gasteiger partial charge in [-0.1, -0.05) is 43.3 Å². The van der Waals surface area contributed by atoms with Crippen LogP contribution >= 0.6 is 0 Å². The molecule has 0 fully saturated rings. The number of fused-ring (bicyclic) bond motifs is 2. The monoisotopic (exact) mass is 746 g/mol. The van der Waals surface area contributed by atoms with Crippen molar-refractivity contribution in [2.24, 2.45) is 5.92 Å². The van der Waals surface area contributed by atoms with E-state index < -0.39 is 28.1 Å². The Labute approximate surface area is 312 Å². The number of likely N-dealkylation sites (N-methyl/N-ethyl adjacent to an activating group) is 1. The Balaban J connectivity index is 1.40. The quantitative estimate of drug-likeness (QED) is 0.174. The fraction of sp³-hybridized carbons (Fsp3) is 0.400. The highest BCUT2D eigenvalue weighted by atomic mass is 32.2. The van der Waals surface area contributed by atoms with Gasteiger partial charge in [0.15, 0.2) is 0 Å². The van der Waals surface area contributed by atoms with Crippen LogP contribution in [0.25, 0.3) is 10.8 Å². The number of sulfonamides is 1. The molecule has 0 aliphatic carbocycles. The molecule has 4 aromatic carbocycles. The first-order valence-electron chi connectivity index (χ1n) is 17.9. The molecule has 0 radical (unpaired) electrons. The molecule has 0 unspecified atom stereocenters. The largest absolute Gasteiger partial charge is 0.497 e. The zero-order valence-corrected chi connectivity index (χ0v) is 31.8. The van der Waals surface area contributed by atoms with E-state index in [0.717, 1.165) is 23.6 Å². The van der Waals surface area contributed by atoms with Crippen LogP contribution in [0.4, 0.5) is 16.2 Å². The summed E-state index contributed by atoms with van der Waals surface area (Å²) < 4.78 is 47.1. The van der Waals surface area contributed by atoms with Gasteiger partial charge in [-0.05, 0) is 87.0 Å². The Kier molecular flexibility index (Phi) is 13.2. The molecular weight excluding hydrogens is 697 g/mol. The van der Waals surface area contributed by atoms with E-state index >= 15 is 0 Å². The van der Waals surface area contributed by atoms with Crippen LogP contribution in [0.1, 0.15) is 50.4 Å². The van der Waals surface area contributed by atoms with Crippen molar-refractivity contribution in [1.29, 1.82) is 0 Å². The number of hydrogen-bond donors (Lipinski definition) is 3. The first-order chi connectivity index (χ1) is 25.4. The minimum absolute atomic E-state index is 0.0285. The van der Waals surface area contributed by atoms with E-state index in [1.165, 1.54) is 25.3 Å². The molecule has 0 saturated heterocycles. The summed E-state index contributed by atoms with van der Waals surface area (Å²) in [5.41, 5.74) is 1.03. The van der Waals surface area contributed by atoms with Crippen molar-refractivity contribution in [3.63, 3.8) is 0 Å². The number of hydrogen-bond acceptors (Lipinski definition) is 8. The standard InChI is InChI=1S/C40H50N4O8S/c1-27-24-44(28(2)26-45)39(46)35-23-31(42-53(48,49)33-19-17-32(50-5)18-20-33)16-21-37(35)52-29(3)11-8-9-22-51-38(27)25-43(4)40(47)41-36-15-10-13-30-12-6-7-14-34(30)36/h6-7,10,12-21,23,27-29,38,42,45H,8-9,11,22,24-26H2,1-5H3,(H,41,47)/t27-,28+,29-,38+/m0/s1. The molecule has 1 aliphatic heterocycles. The van der Waals surface area contributed by atoms with Crippen molar-refractivity contribution in [1.82, 2.24) is 9.80 Å². The van der Waals surface area contributed by atoms with Crippen LogP contribution in [0.2, 0.25) is 0 Å². The Morgan fingerprint density at radius 2 is 1.77 bits per heavy atom. The zero-order chi connectivity index (χ0) is 38.1. The number of nitrogens with zero attached hydrogens (tertiary/aromatic N) is 2. The van der Waals surface area contributed by atoms with Gasteiger partial charge in [0.2, 0.25) is 0 Å². The average molecular weight is 747 g/mol. The average Bonchev–Trinajstić information content (AvgIpc) is 3.15. The Morgan fingerprint density at radius 1 is 1.04 bits per heavy atom. The van der Waals surface area contributed by atoms with Crippen molar-refractivity contribution >= 4 is 44.1 Å². The van der Waals surface area contributed by atoms with Crippen LogP contribution < -0.4 is 19.5 Å². The minimum Gasteiger partial charge on any atom is -0.497 e. The normalized spacial score (nSPS) is 19.3. The molecule has 13 heteroatoms. The van der Waals surface area contributed by atoms with Crippen molar-refractivity contribution in [2.75, 3.05) is 50.5 Å². The third-order valence-electron chi connectivity index (χ3n) is 9.51. The number of amides is 3. The SMILES string of the molecule is COc1ccc(S(=O)(=O)Nc2ccc3c(c2)C(=O)N([C@H](C)CO)C[C@H](C)[C@@H](CN(C)C(=O)Nc2cccc4ccccc24)OCCCC[C@H](C)O3)cc1. The molecule has 1 heterocycles. The molecule has 0 bridgehead atoms. The highest BCUT2D eigenvalue weighted by Gasteiger charge is 2.31. The van der Waals surface area contributed by atoms with Crippen LogP contribution in [-0.4, -0.2) is 94.0 Å². The van der Waals surface area contributed by atoms with Crippen molar-refractivity contribution in [2.45, 2.75) is 63.2 Å². The molecule has 0 spiro atoms. The van der Waals surface area contributed by atoms with E-state index in [9.17, 15) is 23.1 Å². The Bertz CT molecular complexity index is 1970. The number of ether oxygens (including phenoxy) is 3. The molecule has 3 N–H and O–H groups in total. The molecule has 53 heavy (non-hydrogen) atoms. The zero-order valence-electron chi connectivity index (χ0n) is 30.9. The molecule has 3 amide bonds. The van der Waals surface area contributed by atoms with Crippen LogP contribution in [0.5, 0.6) is 11.5 Å². The van der Waals surface area contributed by atoms with Crippen LogP contribution in [0.15, 0.2) is 89.8 Å². The number of rotatable bonds is 9. The van der Waals surface area contributed by atoms with Gasteiger partial charge in [0.1, 0.15) is 11.5 Å². The van der Waals surface area contributed by atoms with Crippen molar-refractivity contribution in [3.8, 4) is 11.5 Å². The van der Waals surface area contributed by atoms with Crippen LogP contribution in [0.3, 0.4) is 0 Å². The van der Waals surface area contributed by atoms with E-state index in [2.05, 4.69) is 10.0 Å². The number of aliphatic hydroxyl groups excluding tert-OH is 1. The van der Waals surface area contributed by atoms with E-state index in [4.69, 9.17) is 14.2 Å². The summed E-state index contributed by atoms with van der Waals surface area (Å²) in [6, 6.07) is 23.3. The Hall–Kier alpha value is -4.85. The fourth-order valence-electron chi connectivity index (χ4n) is 6.32. The molecule has 0 aromatic heterocycles. The van der Waals surface area contributed by atoms with Gasteiger partial charge in [-0.3, -0.25) is 9.52 Å². The van der Waals surface area contributed by atoms with Gasteiger partial charge in [-0.15, -0.1) is 0 Å². The second-order valence-corrected chi connectivity index (χ2v) is 15.3. The van der Waals surface area contributed by atoms with Gasteiger partial charge in [0, 0.05) is 43.7 Å². The van der Waals surface area contributed by atoms with Gasteiger partial charge in [-0.25, -0.2) is 13.2 Å². The van der Waals surface area contributed by atoms with E-state index in [0.29, 0.717) is 30.2 Å². The molecule has 284 valence electrons. The number of carbonyl (C=O) groups excluding carboxylic acids is 2. The number of methoxy groups -OCH3 is 1. The first-order valence-corrected chi connectivity index (χ1v) is 19.4. The maximum Gasteiger partial charge on any atom is 0.321 e. The number of benzene rings is 4. The predicted molar refractivity (Wildman–Crippen MR) is 206 cm³/mol. The van der Waals surface area contributed by atoms with Gasteiger partial charge in [-0.2, -0.15) is 0 Å². The fourth-order valence-corrected chi connectivity index (χ4v) is 7.36. The van der Waals surface area contributed by atoms with Crippen molar-refractivity contribution < 1.29 is 37.3 Å². The number of nitrogens with one attached hydrogen (secondary N) is 2. The maximum absolute atomic E-state index is 14.5. The molecule has 5 rings (SSSR count). The number of carbonyl (C=O) groups is 2. The lowest BCUT2D eigenvalue weighted by molar-refractivity contribution is -0.0115. The smallest absolute Gasteiger partial charge is 0.321 e. The van der Waals surface area contributed by atoms with Crippen LogP contribution in [0, 0.1) is 5.92 Å². The lowest BCUT2D eigenvalue weighted by atomic mass is 10.0. The van der Waals surface area contributed by atoms with Gasteiger partial charge in [0.25, 0.3) is 15.9 Å². The summed E-state index contributed by atoms with van der Waals surface area (Å²) in [7, 11) is -0.797. The summed E-state index contributed by atoms with van der Waals surface area (Å²) in [6.07, 6.45) is 1.55. The Morgan fingerprint density at radius 3 is 2.51 bits per heavy atom. The molecule has 4 aromatic rings. The molecule has 0 saturated carbocycles. The van der Waals surface area contributed by atoms with Gasteiger partial charge >= 0.3 is 6.03 Å². The number of urea groups is 1. The lowest BCUT2D eigenvalue weighted by Gasteiger charge is -2.35. The third-order valence-corrected chi connectivity index (χ3v) is 10.9. The number of anilines is 2. The summed E-state index contributed by atoms with van der Waals surface area (Å²) in [6.45, 7) is 6.19. The highest BCUT2D eigenvalue weighted by Crippen LogP contribution is 2.30. The molecule has 4 atom stereocenters. The maximum atomic E-state index is 14.5. The minimum atomic E-state index is -4.01. The van der Waals surface area contributed by atoms with Crippen LogP contribution in [-0.2, 0) is 14.8 Å². The summed E-state index contributed by atoms with van der Waals surface area (Å²) >= 11 is 0. The first kappa shape index (κ1) is 39.4. The van der Waals surface area contributed by atoms with E-state index in [-0.39, 0.29) is 53.9 Å². The van der Waals surface area contributed by atoms with Gasteiger partial charge < -0.3 is 34.4 Å². The molecular formula is C40H50N4O8S. The molecule has 1 aliphatic rings. The van der Waals surface area contributed by atoms with E-state index in [1.807, 2.05) is 56.3 Å². The number of aliphatic hydroxyl groups is 1. The van der Waals surface area contributed by atoms with E-state index in [1.54, 1.807) is 48.0 Å². The summed E-state index contributed by atoms with van der Waals surface area (Å²) in [4.78, 5) is 31.1. The second-order valence-electron chi connectivity index (χ2n) is 13.6. The lowest BCUT2D eigenvalue weighted by Crippen LogP contribution is -2.48. The summed E-state index contributed by atoms with van der Waals surface area (Å²) in [5.74, 6) is 0.114. The highest BCUT2D eigenvalue weighted by molar-refractivity contribution is 7.92. The van der Waals surface area contributed by atoms with Crippen molar-refractivity contribution in [3.05, 3.63) is 90.5 Å². The predicted octanol–water partition coefficient (Wildman–Crippen LogP) is 6.61. The summed E-state index contributed by atoms with van der Waals surface area (Å²) in [5, 5.41) is 15.3. The molecule has 12 nitrogen and oxygen atoms in total.